The highest BCUT2D eigenvalue weighted by atomic mass is 16.5. The van der Waals surface area contributed by atoms with E-state index in [4.69, 9.17) is 9.47 Å². The van der Waals surface area contributed by atoms with Gasteiger partial charge in [-0.05, 0) is 30.3 Å². The first kappa shape index (κ1) is 14.0. The zero-order valence-corrected chi connectivity index (χ0v) is 12.4. The third-order valence-corrected chi connectivity index (χ3v) is 3.39. The van der Waals surface area contributed by atoms with Crippen LogP contribution in [-0.4, -0.2) is 29.1 Å². The summed E-state index contributed by atoms with van der Waals surface area (Å²) in [5.41, 5.74) is 2.55. The maximum Gasteiger partial charge on any atom is 0.200 e. The molecular weight excluding hydrogens is 280 g/mol. The zero-order chi connectivity index (χ0) is 15.5. The third-order valence-electron chi connectivity index (χ3n) is 3.39. The number of ether oxygens (including phenoxy) is 2. The van der Waals surface area contributed by atoms with Gasteiger partial charge in [0.1, 0.15) is 0 Å². The van der Waals surface area contributed by atoms with Crippen molar-refractivity contribution >= 4 is 0 Å². The normalized spacial score (nSPS) is 10.5. The molecule has 2 aromatic carbocycles. The van der Waals surface area contributed by atoms with Crippen LogP contribution in [-0.2, 0) is 0 Å². The fraction of sp³-hybridized carbons (Fsp3) is 0.118. The second kappa shape index (κ2) is 5.81. The Morgan fingerprint density at radius 3 is 2.18 bits per heavy atom. The second-order valence-electron chi connectivity index (χ2n) is 4.71. The topological polar surface area (TPSA) is 56.5 Å². The molecule has 0 aliphatic carbocycles. The summed E-state index contributed by atoms with van der Waals surface area (Å²) in [5.74, 6) is 0.684. The van der Waals surface area contributed by atoms with Gasteiger partial charge in [0, 0.05) is 11.8 Å². The Labute approximate surface area is 128 Å². The van der Waals surface area contributed by atoms with Crippen LogP contribution in [0.1, 0.15) is 0 Å². The van der Waals surface area contributed by atoms with Crippen molar-refractivity contribution in [3.8, 4) is 34.2 Å². The maximum absolute atomic E-state index is 9.97. The Balaban J connectivity index is 2.03. The molecule has 0 saturated heterocycles. The van der Waals surface area contributed by atoms with E-state index >= 15 is 0 Å². The molecule has 112 valence electrons. The minimum Gasteiger partial charge on any atom is -0.502 e. The smallest absolute Gasteiger partial charge is 0.200 e. The van der Waals surface area contributed by atoms with Crippen LogP contribution in [0.25, 0.3) is 16.9 Å². The van der Waals surface area contributed by atoms with Crippen LogP contribution in [0.3, 0.4) is 0 Å². The number of benzene rings is 2. The maximum atomic E-state index is 9.97. The molecule has 1 heterocycles. The van der Waals surface area contributed by atoms with E-state index in [1.807, 2.05) is 42.6 Å². The lowest BCUT2D eigenvalue weighted by molar-refractivity contribution is 0.340. The summed E-state index contributed by atoms with van der Waals surface area (Å²) < 4.78 is 12.1. The summed E-state index contributed by atoms with van der Waals surface area (Å²) >= 11 is 0. The Hall–Kier alpha value is -2.95. The van der Waals surface area contributed by atoms with Crippen LogP contribution in [0, 0.1) is 0 Å². The molecule has 1 N–H and O–H groups in total. The van der Waals surface area contributed by atoms with Crippen LogP contribution in [0.5, 0.6) is 17.2 Å². The molecule has 0 amide bonds. The Bertz CT molecular complexity index is 757. The molecule has 0 aliphatic rings. The molecule has 0 atom stereocenters. The second-order valence-corrected chi connectivity index (χ2v) is 4.71. The first-order chi connectivity index (χ1) is 10.7. The number of aromatic hydroxyl groups is 1. The minimum absolute atomic E-state index is 0.0174. The predicted octanol–water partition coefficient (Wildman–Crippen LogP) is 3.26. The van der Waals surface area contributed by atoms with Gasteiger partial charge in [-0.3, -0.25) is 0 Å². The van der Waals surface area contributed by atoms with Gasteiger partial charge in [0.2, 0.25) is 5.75 Å². The van der Waals surface area contributed by atoms with E-state index in [9.17, 15) is 5.11 Å². The first-order valence-corrected chi connectivity index (χ1v) is 6.79. The summed E-state index contributed by atoms with van der Waals surface area (Å²) in [5, 5.41) is 14.5. The number of aromatic nitrogens is 2. The summed E-state index contributed by atoms with van der Waals surface area (Å²) in [7, 11) is 3.00. The van der Waals surface area contributed by atoms with Gasteiger partial charge >= 0.3 is 0 Å². The minimum atomic E-state index is -0.0174. The first-order valence-electron chi connectivity index (χ1n) is 6.79. The number of para-hydroxylation sites is 1. The Kier molecular flexibility index (Phi) is 3.70. The average Bonchev–Trinajstić information content (AvgIpc) is 3.06. The average molecular weight is 296 g/mol. The standard InChI is InChI=1S/C17H16N2O3/c1-21-15-10-12(11-16(22-2)17(15)20)14-8-9-19(18-14)13-6-4-3-5-7-13/h3-11,20H,1-2H3. The van der Waals surface area contributed by atoms with E-state index in [1.54, 1.807) is 16.8 Å². The number of hydrogen-bond donors (Lipinski definition) is 1. The van der Waals surface area contributed by atoms with Crippen molar-refractivity contribution in [1.82, 2.24) is 9.78 Å². The fourth-order valence-electron chi connectivity index (χ4n) is 2.24. The highest BCUT2D eigenvalue weighted by molar-refractivity contribution is 5.68. The van der Waals surface area contributed by atoms with Gasteiger partial charge < -0.3 is 14.6 Å². The molecule has 5 heteroatoms. The van der Waals surface area contributed by atoms with Gasteiger partial charge in [0.15, 0.2) is 11.5 Å². The molecule has 0 fully saturated rings. The third kappa shape index (κ3) is 2.48. The van der Waals surface area contributed by atoms with Crippen LogP contribution in [0.15, 0.2) is 54.7 Å². The van der Waals surface area contributed by atoms with Gasteiger partial charge in [-0.25, -0.2) is 4.68 Å². The molecule has 5 nitrogen and oxygen atoms in total. The quantitative estimate of drug-likeness (QED) is 0.803. The number of hydrogen-bond acceptors (Lipinski definition) is 4. The van der Waals surface area contributed by atoms with E-state index < -0.39 is 0 Å². The van der Waals surface area contributed by atoms with Crippen LogP contribution >= 0.6 is 0 Å². The lowest BCUT2D eigenvalue weighted by Crippen LogP contribution is -1.95. The Morgan fingerprint density at radius 1 is 0.955 bits per heavy atom. The molecule has 3 aromatic rings. The summed E-state index contributed by atoms with van der Waals surface area (Å²) in [6, 6.07) is 15.2. The SMILES string of the molecule is COc1cc(-c2ccn(-c3ccccc3)n2)cc(OC)c1O. The molecular formula is C17H16N2O3. The molecule has 0 bridgehead atoms. The monoisotopic (exact) mass is 296 g/mol. The molecule has 0 saturated carbocycles. The van der Waals surface area contributed by atoms with E-state index in [-0.39, 0.29) is 5.75 Å². The van der Waals surface area contributed by atoms with Crippen LogP contribution in [0.2, 0.25) is 0 Å². The highest BCUT2D eigenvalue weighted by Gasteiger charge is 2.14. The number of nitrogens with zero attached hydrogens (tertiary/aromatic N) is 2. The largest absolute Gasteiger partial charge is 0.502 e. The molecule has 0 unspecified atom stereocenters. The van der Waals surface area contributed by atoms with Gasteiger partial charge in [-0.2, -0.15) is 5.10 Å². The van der Waals surface area contributed by atoms with Crippen LogP contribution in [0.4, 0.5) is 0 Å². The lowest BCUT2D eigenvalue weighted by atomic mass is 10.1. The summed E-state index contributed by atoms with van der Waals surface area (Å²) in [6.45, 7) is 0. The van der Waals surface area contributed by atoms with Crippen molar-refractivity contribution < 1.29 is 14.6 Å². The molecule has 0 spiro atoms. The van der Waals surface area contributed by atoms with Crippen molar-refractivity contribution in [2.24, 2.45) is 0 Å². The molecule has 0 radical (unpaired) electrons. The van der Waals surface area contributed by atoms with Crippen molar-refractivity contribution in [3.63, 3.8) is 0 Å². The molecule has 3 rings (SSSR count). The van der Waals surface area contributed by atoms with Gasteiger partial charge in [0.25, 0.3) is 0 Å². The number of phenols is 1. The van der Waals surface area contributed by atoms with Gasteiger partial charge in [-0.15, -0.1) is 0 Å². The number of methoxy groups -OCH3 is 2. The van der Waals surface area contributed by atoms with Crippen molar-refractivity contribution in [2.75, 3.05) is 14.2 Å². The zero-order valence-electron chi connectivity index (χ0n) is 12.4. The van der Waals surface area contributed by atoms with Crippen LogP contribution < -0.4 is 9.47 Å². The van der Waals surface area contributed by atoms with E-state index in [1.165, 1.54) is 14.2 Å². The Morgan fingerprint density at radius 2 is 1.59 bits per heavy atom. The predicted molar refractivity (Wildman–Crippen MR) is 83.8 cm³/mol. The lowest BCUT2D eigenvalue weighted by Gasteiger charge is -2.10. The molecule has 22 heavy (non-hydrogen) atoms. The van der Waals surface area contributed by atoms with E-state index in [0.29, 0.717) is 11.5 Å². The van der Waals surface area contributed by atoms with E-state index in [0.717, 1.165) is 16.9 Å². The van der Waals surface area contributed by atoms with Crippen molar-refractivity contribution in [3.05, 3.63) is 54.7 Å². The van der Waals surface area contributed by atoms with Crippen molar-refractivity contribution in [2.45, 2.75) is 0 Å². The summed E-state index contributed by atoms with van der Waals surface area (Å²) in [4.78, 5) is 0. The summed E-state index contributed by atoms with van der Waals surface area (Å²) in [6.07, 6.45) is 1.89. The number of phenolic OH excluding ortho intramolecular Hbond substituents is 1. The molecule has 0 aliphatic heterocycles. The van der Waals surface area contributed by atoms with Gasteiger partial charge in [-0.1, -0.05) is 18.2 Å². The molecule has 1 aromatic heterocycles. The number of rotatable bonds is 4. The highest BCUT2D eigenvalue weighted by Crippen LogP contribution is 2.39. The fourth-order valence-corrected chi connectivity index (χ4v) is 2.24. The van der Waals surface area contributed by atoms with E-state index in [2.05, 4.69) is 5.10 Å². The van der Waals surface area contributed by atoms with Crippen molar-refractivity contribution in [1.29, 1.82) is 0 Å². The van der Waals surface area contributed by atoms with Gasteiger partial charge in [0.05, 0.1) is 25.6 Å².